The van der Waals surface area contributed by atoms with Crippen LogP contribution in [0.3, 0.4) is 0 Å². The van der Waals surface area contributed by atoms with Gasteiger partial charge in [-0.15, -0.1) is 11.6 Å². The maximum atomic E-state index is 12.0. The van der Waals surface area contributed by atoms with Crippen molar-refractivity contribution in [3.05, 3.63) is 12.3 Å². The number of allylic oxidation sites excluding steroid dienone is 1. The number of fused-ring (bicyclic) bond motifs is 3. The predicted molar refractivity (Wildman–Crippen MR) is 78.0 cm³/mol. The largest absolute Gasteiger partial charge is 0.370 e. The van der Waals surface area contributed by atoms with E-state index in [0.29, 0.717) is 41.0 Å². The van der Waals surface area contributed by atoms with Crippen LogP contribution in [-0.2, 0) is 4.79 Å². The zero-order chi connectivity index (χ0) is 13.7. The number of alkyl halides is 1. The van der Waals surface area contributed by atoms with Gasteiger partial charge in [-0.3, -0.25) is 4.79 Å². The molecule has 0 spiro atoms. The van der Waals surface area contributed by atoms with Gasteiger partial charge in [-0.05, 0) is 43.1 Å². The van der Waals surface area contributed by atoms with Gasteiger partial charge in [0.15, 0.2) is 5.78 Å². The van der Waals surface area contributed by atoms with Crippen molar-refractivity contribution in [3.8, 4) is 0 Å². The summed E-state index contributed by atoms with van der Waals surface area (Å²) in [5.74, 6) is 2.34. The summed E-state index contributed by atoms with van der Waals surface area (Å²) >= 11 is 6.39. The molecule has 3 heteroatoms. The molecule has 2 aliphatic heterocycles. The molecule has 3 rings (SSSR count). The molecule has 1 saturated heterocycles. The molecule has 2 fully saturated rings. The van der Waals surface area contributed by atoms with Crippen LogP contribution in [0.2, 0.25) is 0 Å². The maximum absolute atomic E-state index is 12.0. The molecule has 106 valence electrons. The minimum Gasteiger partial charge on any atom is -0.370 e. The summed E-state index contributed by atoms with van der Waals surface area (Å²) in [5.41, 5.74) is 0. The van der Waals surface area contributed by atoms with Crippen molar-refractivity contribution in [1.82, 2.24) is 4.90 Å². The summed E-state index contributed by atoms with van der Waals surface area (Å²) in [6.45, 7) is 6.78. The number of hydrogen-bond acceptors (Lipinski definition) is 2. The average molecular weight is 282 g/mol. The highest BCUT2D eigenvalue weighted by molar-refractivity contribution is 6.20. The van der Waals surface area contributed by atoms with Gasteiger partial charge in [0.25, 0.3) is 0 Å². The topological polar surface area (TPSA) is 20.3 Å². The second-order valence-corrected chi connectivity index (χ2v) is 7.42. The quantitative estimate of drug-likeness (QED) is 0.634. The molecule has 0 aromatic rings. The van der Waals surface area contributed by atoms with Crippen LogP contribution in [0, 0.1) is 23.7 Å². The Morgan fingerprint density at radius 2 is 1.95 bits per heavy atom. The van der Waals surface area contributed by atoms with Gasteiger partial charge in [-0.2, -0.15) is 0 Å². The highest BCUT2D eigenvalue weighted by Crippen LogP contribution is 2.47. The number of piperidine rings is 1. The van der Waals surface area contributed by atoms with Crippen molar-refractivity contribution in [1.29, 1.82) is 0 Å². The second-order valence-electron chi connectivity index (χ2n) is 6.80. The summed E-state index contributed by atoms with van der Waals surface area (Å²) in [5, 5.41) is 0.347. The molecular weight excluding hydrogens is 258 g/mol. The molecule has 1 saturated carbocycles. The second kappa shape index (κ2) is 4.80. The van der Waals surface area contributed by atoms with Crippen LogP contribution in [0.25, 0.3) is 0 Å². The van der Waals surface area contributed by atoms with Gasteiger partial charge in [0.1, 0.15) is 0 Å². The van der Waals surface area contributed by atoms with Crippen molar-refractivity contribution in [3.63, 3.8) is 0 Å². The number of carbonyl (C=O) groups is 1. The standard InChI is InChI=1S/C16H24ClNO/c1-9-10(2)16-11(3)15(19)6-7-18(16)14-5-4-12(17)8-13(9)14/h6-7,9-14,16H,4-5,8H2,1-3H3. The van der Waals surface area contributed by atoms with E-state index in [1.54, 1.807) is 6.08 Å². The summed E-state index contributed by atoms with van der Waals surface area (Å²) in [6, 6.07) is 0.985. The Balaban J connectivity index is 1.94. The highest BCUT2D eigenvalue weighted by Gasteiger charge is 2.49. The van der Waals surface area contributed by atoms with E-state index in [1.165, 1.54) is 6.42 Å². The van der Waals surface area contributed by atoms with Crippen LogP contribution in [0.1, 0.15) is 40.0 Å². The van der Waals surface area contributed by atoms with Crippen LogP contribution < -0.4 is 0 Å². The van der Waals surface area contributed by atoms with Crippen molar-refractivity contribution >= 4 is 17.4 Å². The third kappa shape index (κ3) is 2.03. The van der Waals surface area contributed by atoms with E-state index < -0.39 is 0 Å². The van der Waals surface area contributed by atoms with E-state index in [0.717, 1.165) is 12.8 Å². The fraction of sp³-hybridized carbons (Fsp3) is 0.812. The molecule has 0 aromatic heterocycles. The van der Waals surface area contributed by atoms with Gasteiger partial charge in [-0.1, -0.05) is 20.8 Å². The molecule has 19 heavy (non-hydrogen) atoms. The first kappa shape index (κ1) is 13.5. The van der Waals surface area contributed by atoms with Crippen LogP contribution in [0.4, 0.5) is 0 Å². The molecule has 2 heterocycles. The molecule has 0 radical (unpaired) electrons. The Morgan fingerprint density at radius 3 is 2.68 bits per heavy atom. The van der Waals surface area contributed by atoms with Gasteiger partial charge in [0.2, 0.25) is 0 Å². The fourth-order valence-electron chi connectivity index (χ4n) is 4.67. The van der Waals surface area contributed by atoms with E-state index in [-0.39, 0.29) is 5.92 Å². The molecule has 0 amide bonds. The van der Waals surface area contributed by atoms with Crippen LogP contribution in [0.5, 0.6) is 0 Å². The summed E-state index contributed by atoms with van der Waals surface area (Å²) in [4.78, 5) is 14.5. The molecule has 7 atom stereocenters. The van der Waals surface area contributed by atoms with Gasteiger partial charge in [0.05, 0.1) is 0 Å². The normalized spacial score (nSPS) is 49.8. The first-order valence-corrected chi connectivity index (χ1v) is 8.08. The van der Waals surface area contributed by atoms with E-state index in [4.69, 9.17) is 11.6 Å². The van der Waals surface area contributed by atoms with Crippen LogP contribution in [-0.4, -0.2) is 28.1 Å². The number of rotatable bonds is 0. The third-order valence-electron chi connectivity index (χ3n) is 5.94. The monoisotopic (exact) mass is 281 g/mol. The zero-order valence-corrected chi connectivity index (χ0v) is 12.8. The minimum atomic E-state index is 0.136. The minimum absolute atomic E-state index is 0.136. The number of carbonyl (C=O) groups excluding carboxylic acids is 1. The molecular formula is C16H24ClNO. The number of halogens is 1. The smallest absolute Gasteiger partial charge is 0.161 e. The van der Waals surface area contributed by atoms with Crippen LogP contribution >= 0.6 is 11.6 Å². The summed E-state index contributed by atoms with van der Waals surface area (Å²) in [6.07, 6.45) is 7.29. The van der Waals surface area contributed by atoms with E-state index >= 15 is 0 Å². The van der Waals surface area contributed by atoms with Crippen molar-refractivity contribution in [2.24, 2.45) is 23.7 Å². The lowest BCUT2D eigenvalue weighted by molar-refractivity contribution is -0.126. The third-order valence-corrected chi connectivity index (χ3v) is 6.34. The van der Waals surface area contributed by atoms with Crippen molar-refractivity contribution in [2.75, 3.05) is 0 Å². The Kier molecular flexibility index (Phi) is 3.41. The zero-order valence-electron chi connectivity index (χ0n) is 12.1. The van der Waals surface area contributed by atoms with Gasteiger partial charge >= 0.3 is 0 Å². The van der Waals surface area contributed by atoms with Crippen LogP contribution in [0.15, 0.2) is 12.3 Å². The lowest BCUT2D eigenvalue weighted by atomic mass is 9.63. The first-order chi connectivity index (χ1) is 9.00. The summed E-state index contributed by atoms with van der Waals surface area (Å²) in [7, 11) is 0. The molecule has 1 aliphatic carbocycles. The van der Waals surface area contributed by atoms with E-state index in [9.17, 15) is 4.79 Å². The van der Waals surface area contributed by atoms with Crippen molar-refractivity contribution < 1.29 is 4.79 Å². The van der Waals surface area contributed by atoms with Gasteiger partial charge in [-0.25, -0.2) is 0 Å². The Bertz CT molecular complexity index is 408. The molecule has 7 unspecified atom stereocenters. The van der Waals surface area contributed by atoms with E-state index in [1.807, 2.05) is 0 Å². The highest BCUT2D eigenvalue weighted by atomic mass is 35.5. The fourth-order valence-corrected chi connectivity index (χ4v) is 5.00. The maximum Gasteiger partial charge on any atom is 0.161 e. The number of nitrogens with zero attached hydrogens (tertiary/aromatic N) is 1. The first-order valence-electron chi connectivity index (χ1n) is 7.64. The Labute approximate surface area is 121 Å². The molecule has 2 nitrogen and oxygen atoms in total. The lowest BCUT2D eigenvalue weighted by Gasteiger charge is -2.57. The number of hydrogen-bond donors (Lipinski definition) is 0. The Hall–Kier alpha value is -0.500. The van der Waals surface area contributed by atoms with Crippen molar-refractivity contribution in [2.45, 2.75) is 57.5 Å². The molecule has 0 bridgehead atoms. The van der Waals surface area contributed by atoms with E-state index in [2.05, 4.69) is 31.9 Å². The van der Waals surface area contributed by atoms with Gasteiger partial charge in [0, 0.05) is 29.6 Å². The molecule has 3 aliphatic rings. The lowest BCUT2D eigenvalue weighted by Crippen LogP contribution is -2.61. The molecule has 0 aromatic carbocycles. The SMILES string of the molecule is CC1C(=O)C=CN2C3CCC(Cl)CC3C(C)C(C)C12. The predicted octanol–water partition coefficient (Wildman–Crippen LogP) is 3.45. The van der Waals surface area contributed by atoms with Gasteiger partial charge < -0.3 is 4.90 Å². The summed E-state index contributed by atoms with van der Waals surface area (Å²) < 4.78 is 0. The molecule has 0 N–H and O–H groups in total. The Morgan fingerprint density at radius 1 is 1.21 bits per heavy atom. The average Bonchev–Trinajstić information content (AvgIpc) is 2.39. The number of ketones is 1.